The molecule has 0 radical (unpaired) electrons. The van der Waals surface area contributed by atoms with Gasteiger partial charge in [0, 0.05) is 23.7 Å². The average Bonchev–Trinajstić information content (AvgIpc) is 2.33. The Labute approximate surface area is 148 Å². The van der Waals surface area contributed by atoms with Gasteiger partial charge >= 0.3 is 0 Å². The predicted molar refractivity (Wildman–Crippen MR) is 97.7 cm³/mol. The molecular weight excluding hydrogens is 296 g/mol. The summed E-state index contributed by atoms with van der Waals surface area (Å²) in [5, 5.41) is 0. The van der Waals surface area contributed by atoms with Crippen LogP contribution in [0.5, 0.6) is 0 Å². The lowest BCUT2D eigenvalue weighted by atomic mass is 9.42. The van der Waals surface area contributed by atoms with E-state index in [1.54, 1.807) is 0 Å². The van der Waals surface area contributed by atoms with Crippen molar-refractivity contribution in [1.29, 1.82) is 0 Å². The third-order valence-electron chi connectivity index (χ3n) is 7.05. The number of rotatable bonds is 4. The number of carbonyl (C=O) groups is 2. The molecule has 2 heteroatoms. The van der Waals surface area contributed by atoms with Crippen molar-refractivity contribution in [2.45, 2.75) is 92.9 Å². The average molecular weight is 333 g/mol. The molecule has 2 nitrogen and oxygen atoms in total. The predicted octanol–water partition coefficient (Wildman–Crippen LogP) is 5.58. The van der Waals surface area contributed by atoms with Gasteiger partial charge in [-0.15, -0.1) is 0 Å². The molecule has 4 fully saturated rings. The van der Waals surface area contributed by atoms with E-state index in [9.17, 15) is 9.59 Å². The molecule has 0 N–H and O–H groups in total. The topological polar surface area (TPSA) is 34.1 Å². The van der Waals surface area contributed by atoms with E-state index in [1.165, 1.54) is 32.1 Å². The van der Waals surface area contributed by atoms with Crippen molar-refractivity contribution < 1.29 is 9.59 Å². The first kappa shape index (κ1) is 18.1. The van der Waals surface area contributed by atoms with Crippen LogP contribution in [0.1, 0.15) is 92.9 Å². The molecule has 24 heavy (non-hydrogen) atoms. The van der Waals surface area contributed by atoms with E-state index in [0.717, 1.165) is 31.1 Å². The summed E-state index contributed by atoms with van der Waals surface area (Å²) in [4.78, 5) is 25.5. The maximum atomic E-state index is 12.8. The highest BCUT2D eigenvalue weighted by Crippen LogP contribution is 2.67. The van der Waals surface area contributed by atoms with Crippen LogP contribution in [0, 0.1) is 33.5 Å². The Morgan fingerprint density at radius 2 is 1.08 bits per heavy atom. The Morgan fingerprint density at radius 1 is 0.750 bits per heavy atom. The molecular formula is C22H36O2. The molecule has 0 spiro atoms. The summed E-state index contributed by atoms with van der Waals surface area (Å²) < 4.78 is 0. The standard InChI is InChI=1S/C22H36O2/c1-19(2,3)17(23)12-21-8-15-7-16(9-21)11-22(10-15,14-21)13-18(24)20(4,5)6/h15-16H,7-14H2,1-6H3. The van der Waals surface area contributed by atoms with Gasteiger partial charge in [0.05, 0.1) is 0 Å². The van der Waals surface area contributed by atoms with Gasteiger partial charge in [0.2, 0.25) is 0 Å². The summed E-state index contributed by atoms with van der Waals surface area (Å²) in [6.07, 6.45) is 8.89. The fourth-order valence-electron chi connectivity index (χ4n) is 6.27. The minimum atomic E-state index is -0.238. The van der Waals surface area contributed by atoms with Crippen LogP contribution in [0.4, 0.5) is 0 Å². The van der Waals surface area contributed by atoms with E-state index in [0.29, 0.717) is 11.6 Å². The lowest BCUT2D eigenvalue weighted by Gasteiger charge is -2.62. The van der Waals surface area contributed by atoms with E-state index in [1.807, 2.05) is 0 Å². The molecule has 0 aromatic carbocycles. The van der Waals surface area contributed by atoms with Crippen molar-refractivity contribution in [3.8, 4) is 0 Å². The number of Topliss-reactive ketones (excluding diaryl/α,β-unsaturated/α-hetero) is 2. The molecule has 0 aromatic rings. The fraction of sp³-hybridized carbons (Fsp3) is 0.909. The van der Waals surface area contributed by atoms with E-state index >= 15 is 0 Å². The van der Waals surface area contributed by atoms with E-state index in [2.05, 4.69) is 41.5 Å². The Kier molecular flexibility index (Phi) is 4.09. The van der Waals surface area contributed by atoms with Gasteiger partial charge in [0.1, 0.15) is 11.6 Å². The Morgan fingerprint density at radius 3 is 1.38 bits per heavy atom. The van der Waals surface area contributed by atoms with Crippen LogP contribution in [0.3, 0.4) is 0 Å². The largest absolute Gasteiger partial charge is 0.299 e. The van der Waals surface area contributed by atoms with E-state index in [4.69, 9.17) is 0 Å². The maximum Gasteiger partial charge on any atom is 0.138 e. The van der Waals surface area contributed by atoms with E-state index in [-0.39, 0.29) is 21.7 Å². The number of hydrogen-bond donors (Lipinski definition) is 0. The van der Waals surface area contributed by atoms with Crippen LogP contribution in [-0.2, 0) is 9.59 Å². The highest BCUT2D eigenvalue weighted by atomic mass is 16.1. The summed E-state index contributed by atoms with van der Waals surface area (Å²) in [6.45, 7) is 12.3. The van der Waals surface area contributed by atoms with Gasteiger partial charge in [-0.05, 0) is 61.2 Å². The summed E-state index contributed by atoms with van der Waals surface area (Å²) in [5.74, 6) is 2.35. The Balaban J connectivity index is 1.82. The number of ketones is 2. The maximum absolute atomic E-state index is 12.8. The first-order valence-corrected chi connectivity index (χ1v) is 9.89. The molecule has 4 saturated carbocycles. The second-order valence-electron chi connectivity index (χ2n) is 11.7. The van der Waals surface area contributed by atoms with Gasteiger partial charge in [-0.1, -0.05) is 41.5 Å². The smallest absolute Gasteiger partial charge is 0.138 e. The molecule has 4 aliphatic carbocycles. The van der Waals surface area contributed by atoms with Crippen LogP contribution in [-0.4, -0.2) is 11.6 Å². The van der Waals surface area contributed by atoms with Crippen LogP contribution >= 0.6 is 0 Å². The van der Waals surface area contributed by atoms with Gasteiger partial charge < -0.3 is 0 Å². The zero-order chi connectivity index (χ0) is 18.0. The summed E-state index contributed by atoms with van der Waals surface area (Å²) in [5.41, 5.74) is -0.0747. The molecule has 0 heterocycles. The van der Waals surface area contributed by atoms with Crippen LogP contribution in [0.15, 0.2) is 0 Å². The van der Waals surface area contributed by atoms with Crippen LogP contribution in [0.25, 0.3) is 0 Å². The molecule has 0 atom stereocenters. The molecule has 136 valence electrons. The zero-order valence-electron chi connectivity index (χ0n) is 16.6. The second kappa shape index (κ2) is 5.42. The summed E-state index contributed by atoms with van der Waals surface area (Å²) >= 11 is 0. The monoisotopic (exact) mass is 332 g/mol. The summed E-state index contributed by atoms with van der Waals surface area (Å²) in [6, 6.07) is 0. The SMILES string of the molecule is CC(C)(C)C(=O)CC12CC3CC(C1)CC(CC(=O)C(C)(C)C)(C3)C2. The van der Waals surface area contributed by atoms with Crippen molar-refractivity contribution in [3.05, 3.63) is 0 Å². The number of hydrogen-bond acceptors (Lipinski definition) is 2. The van der Waals surface area contributed by atoms with Crippen LogP contribution < -0.4 is 0 Å². The van der Waals surface area contributed by atoms with Crippen molar-refractivity contribution >= 4 is 11.6 Å². The van der Waals surface area contributed by atoms with E-state index < -0.39 is 0 Å². The first-order chi connectivity index (χ1) is 10.8. The lowest BCUT2D eigenvalue weighted by Crippen LogP contribution is -2.54. The first-order valence-electron chi connectivity index (χ1n) is 9.89. The van der Waals surface area contributed by atoms with Crippen LogP contribution in [0.2, 0.25) is 0 Å². The van der Waals surface area contributed by atoms with Gasteiger partial charge in [-0.3, -0.25) is 9.59 Å². The molecule has 4 rings (SSSR count). The van der Waals surface area contributed by atoms with Gasteiger partial charge in [0.15, 0.2) is 0 Å². The molecule has 0 aromatic heterocycles. The molecule has 4 aliphatic rings. The Hall–Kier alpha value is -0.660. The summed E-state index contributed by atoms with van der Waals surface area (Å²) in [7, 11) is 0. The normalized spacial score (nSPS) is 38.4. The quantitative estimate of drug-likeness (QED) is 0.673. The van der Waals surface area contributed by atoms with Gasteiger partial charge in [-0.2, -0.15) is 0 Å². The van der Waals surface area contributed by atoms with Gasteiger partial charge in [0.25, 0.3) is 0 Å². The zero-order valence-corrected chi connectivity index (χ0v) is 16.6. The lowest BCUT2D eigenvalue weighted by molar-refractivity contribution is -0.150. The third-order valence-corrected chi connectivity index (χ3v) is 7.05. The Bertz CT molecular complexity index is 483. The number of carbonyl (C=O) groups excluding carboxylic acids is 2. The minimum absolute atomic E-state index is 0.201. The highest BCUT2D eigenvalue weighted by molar-refractivity contribution is 5.85. The highest BCUT2D eigenvalue weighted by Gasteiger charge is 2.58. The van der Waals surface area contributed by atoms with Crippen molar-refractivity contribution in [2.24, 2.45) is 33.5 Å². The van der Waals surface area contributed by atoms with Crippen molar-refractivity contribution in [3.63, 3.8) is 0 Å². The fourth-order valence-corrected chi connectivity index (χ4v) is 6.27. The minimum Gasteiger partial charge on any atom is -0.299 e. The second-order valence-corrected chi connectivity index (χ2v) is 11.7. The molecule has 0 amide bonds. The van der Waals surface area contributed by atoms with Crippen molar-refractivity contribution in [1.82, 2.24) is 0 Å². The molecule has 4 bridgehead atoms. The third kappa shape index (κ3) is 3.35. The molecule has 0 aliphatic heterocycles. The van der Waals surface area contributed by atoms with Crippen molar-refractivity contribution in [2.75, 3.05) is 0 Å². The molecule has 0 unspecified atom stereocenters. The van der Waals surface area contributed by atoms with Gasteiger partial charge in [-0.25, -0.2) is 0 Å². The molecule has 0 saturated heterocycles.